The van der Waals surface area contributed by atoms with Crippen LogP contribution in [0.2, 0.25) is 0 Å². The highest BCUT2D eigenvalue weighted by Gasteiger charge is 2.17. The second-order valence-electron chi connectivity index (χ2n) is 13.9. The fraction of sp³-hybridized carbons (Fsp3) is 0.0204. The van der Waals surface area contributed by atoms with Gasteiger partial charge in [0.05, 0.1) is 33.1 Å². The Labute approximate surface area is 300 Å². The summed E-state index contributed by atoms with van der Waals surface area (Å²) in [4.78, 5) is 0. The Kier molecular flexibility index (Phi) is 6.17. The third-order valence-electron chi connectivity index (χ3n) is 10.9. The van der Waals surface area contributed by atoms with Crippen LogP contribution in [0.1, 0.15) is 5.56 Å². The van der Waals surface area contributed by atoms with Gasteiger partial charge in [-0.25, -0.2) is 0 Å². The van der Waals surface area contributed by atoms with Crippen LogP contribution in [-0.2, 0) is 0 Å². The van der Waals surface area contributed by atoms with Crippen LogP contribution >= 0.6 is 0 Å². The standard InChI is InChI=1S/C49H33N3/c1-32-24-26-48-42(28-32)43-30-34(33-12-10-13-35(29-33)50-44-20-6-2-16-38(44)39-17-3-7-21-45(39)50)25-27-49(43)52(48)37-15-11-14-36(31-37)51-46-22-8-4-18-40(46)41-19-5-9-23-47(41)51/h2-31H,1H3. The molecule has 11 aromatic rings. The number of fused-ring (bicyclic) bond motifs is 9. The number of nitrogens with zero attached hydrogens (tertiary/aromatic N) is 3. The van der Waals surface area contributed by atoms with Crippen molar-refractivity contribution < 1.29 is 0 Å². The zero-order valence-electron chi connectivity index (χ0n) is 28.7. The van der Waals surface area contributed by atoms with E-state index in [0.717, 1.165) is 17.1 Å². The first kappa shape index (κ1) is 28.9. The van der Waals surface area contributed by atoms with E-state index in [0.29, 0.717) is 0 Å². The SMILES string of the molecule is Cc1ccc2c(c1)c1cc(-c3cccc(-n4c5ccccc5c5ccccc54)c3)ccc1n2-c1cccc(-n2c3ccccc3c3ccccc32)c1. The van der Waals surface area contributed by atoms with Crippen molar-refractivity contribution in [2.45, 2.75) is 6.92 Å². The molecule has 3 heterocycles. The third-order valence-corrected chi connectivity index (χ3v) is 10.9. The summed E-state index contributed by atoms with van der Waals surface area (Å²) in [5.41, 5.74) is 14.4. The second kappa shape index (κ2) is 11.1. The number of aryl methyl sites for hydroxylation is 1. The molecule has 0 unspecified atom stereocenters. The van der Waals surface area contributed by atoms with Gasteiger partial charge in [0, 0.05) is 49.4 Å². The monoisotopic (exact) mass is 663 g/mol. The lowest BCUT2D eigenvalue weighted by atomic mass is 10.0. The third kappa shape index (κ3) is 4.20. The molecular formula is C49H33N3. The van der Waals surface area contributed by atoms with Crippen LogP contribution in [0, 0.1) is 6.92 Å². The summed E-state index contributed by atoms with van der Waals surface area (Å²) in [6.45, 7) is 2.19. The summed E-state index contributed by atoms with van der Waals surface area (Å²) in [6.07, 6.45) is 0. The molecular weight excluding hydrogens is 631 g/mol. The average molecular weight is 664 g/mol. The smallest absolute Gasteiger partial charge is 0.0541 e. The number of hydrogen-bond acceptors (Lipinski definition) is 0. The lowest BCUT2D eigenvalue weighted by molar-refractivity contribution is 1.13. The minimum atomic E-state index is 1.14. The van der Waals surface area contributed by atoms with Crippen LogP contribution in [0.4, 0.5) is 0 Å². The largest absolute Gasteiger partial charge is 0.309 e. The minimum Gasteiger partial charge on any atom is -0.309 e. The highest BCUT2D eigenvalue weighted by molar-refractivity contribution is 6.12. The lowest BCUT2D eigenvalue weighted by Gasteiger charge is -2.13. The molecule has 0 amide bonds. The zero-order chi connectivity index (χ0) is 34.3. The molecule has 3 heteroatoms. The first-order valence-electron chi connectivity index (χ1n) is 17.9. The molecule has 0 atom stereocenters. The Morgan fingerprint density at radius 1 is 0.269 bits per heavy atom. The van der Waals surface area contributed by atoms with Gasteiger partial charge < -0.3 is 13.7 Å². The van der Waals surface area contributed by atoms with E-state index in [1.54, 1.807) is 0 Å². The van der Waals surface area contributed by atoms with Crippen molar-refractivity contribution in [1.82, 2.24) is 13.7 Å². The maximum atomic E-state index is 2.43. The number of rotatable bonds is 4. The van der Waals surface area contributed by atoms with Crippen molar-refractivity contribution in [2.75, 3.05) is 0 Å². The van der Waals surface area contributed by atoms with Crippen molar-refractivity contribution in [2.24, 2.45) is 0 Å². The fourth-order valence-electron chi connectivity index (χ4n) is 8.59. The quantitative estimate of drug-likeness (QED) is 0.178. The molecule has 52 heavy (non-hydrogen) atoms. The molecule has 8 aromatic carbocycles. The van der Waals surface area contributed by atoms with Crippen molar-refractivity contribution >= 4 is 65.4 Å². The summed E-state index contributed by atoms with van der Waals surface area (Å²) in [7, 11) is 0. The first-order chi connectivity index (χ1) is 25.7. The van der Waals surface area contributed by atoms with E-state index in [1.165, 1.54) is 82.1 Å². The van der Waals surface area contributed by atoms with E-state index in [1.807, 2.05) is 0 Å². The van der Waals surface area contributed by atoms with Gasteiger partial charge in [0.2, 0.25) is 0 Å². The maximum absolute atomic E-state index is 2.43. The zero-order valence-corrected chi connectivity index (χ0v) is 28.7. The molecule has 0 fully saturated rings. The van der Waals surface area contributed by atoms with E-state index >= 15 is 0 Å². The van der Waals surface area contributed by atoms with E-state index in [2.05, 4.69) is 203 Å². The van der Waals surface area contributed by atoms with Gasteiger partial charge in [0.25, 0.3) is 0 Å². The van der Waals surface area contributed by atoms with Crippen molar-refractivity contribution in [3.63, 3.8) is 0 Å². The van der Waals surface area contributed by atoms with Crippen LogP contribution in [0.5, 0.6) is 0 Å². The van der Waals surface area contributed by atoms with E-state index < -0.39 is 0 Å². The molecule has 0 aliphatic rings. The number of benzene rings is 8. The molecule has 0 bridgehead atoms. The molecule has 3 aromatic heterocycles. The Hall–Kier alpha value is -6.84. The average Bonchev–Trinajstić information content (AvgIpc) is 3.83. The molecule has 11 rings (SSSR count). The van der Waals surface area contributed by atoms with Gasteiger partial charge in [-0.1, -0.05) is 109 Å². The maximum Gasteiger partial charge on any atom is 0.0541 e. The fourth-order valence-corrected chi connectivity index (χ4v) is 8.59. The first-order valence-corrected chi connectivity index (χ1v) is 17.9. The van der Waals surface area contributed by atoms with E-state index in [9.17, 15) is 0 Å². The van der Waals surface area contributed by atoms with Gasteiger partial charge >= 0.3 is 0 Å². The highest BCUT2D eigenvalue weighted by Crippen LogP contribution is 2.38. The highest BCUT2D eigenvalue weighted by atomic mass is 15.0. The minimum absolute atomic E-state index is 1.14. The molecule has 0 spiro atoms. The molecule has 0 N–H and O–H groups in total. The Bertz CT molecular complexity index is 3100. The predicted octanol–water partition coefficient (Wildman–Crippen LogP) is 13.0. The molecule has 244 valence electrons. The van der Waals surface area contributed by atoms with Gasteiger partial charge in [-0.05, 0) is 96.9 Å². The summed E-state index contributed by atoms with van der Waals surface area (Å²) in [5.74, 6) is 0. The second-order valence-corrected chi connectivity index (χ2v) is 13.9. The van der Waals surface area contributed by atoms with Gasteiger partial charge in [-0.3, -0.25) is 0 Å². The summed E-state index contributed by atoms with van der Waals surface area (Å²) < 4.78 is 7.22. The molecule has 0 saturated carbocycles. The van der Waals surface area contributed by atoms with Crippen molar-refractivity contribution in [3.05, 3.63) is 188 Å². The molecule has 3 nitrogen and oxygen atoms in total. The van der Waals surface area contributed by atoms with Crippen molar-refractivity contribution in [1.29, 1.82) is 0 Å². The number of aromatic nitrogens is 3. The lowest BCUT2D eigenvalue weighted by Crippen LogP contribution is -1.98. The molecule has 0 saturated heterocycles. The topological polar surface area (TPSA) is 14.8 Å². The van der Waals surface area contributed by atoms with Crippen LogP contribution in [-0.4, -0.2) is 13.7 Å². The van der Waals surface area contributed by atoms with Gasteiger partial charge in [-0.15, -0.1) is 0 Å². The van der Waals surface area contributed by atoms with Crippen molar-refractivity contribution in [3.8, 4) is 28.2 Å². The summed E-state index contributed by atoms with van der Waals surface area (Å²) in [6, 6.07) is 66.6. The molecule has 0 aliphatic carbocycles. The normalized spacial score (nSPS) is 11.9. The van der Waals surface area contributed by atoms with Gasteiger partial charge in [0.15, 0.2) is 0 Å². The number of hydrogen-bond donors (Lipinski definition) is 0. The van der Waals surface area contributed by atoms with Crippen LogP contribution in [0.25, 0.3) is 93.6 Å². The Balaban J connectivity index is 1.09. The van der Waals surface area contributed by atoms with Gasteiger partial charge in [0.1, 0.15) is 0 Å². The molecule has 0 radical (unpaired) electrons. The van der Waals surface area contributed by atoms with E-state index in [-0.39, 0.29) is 0 Å². The predicted molar refractivity (Wildman–Crippen MR) is 220 cm³/mol. The Morgan fingerprint density at radius 3 is 1.17 bits per heavy atom. The summed E-state index contributed by atoms with van der Waals surface area (Å²) in [5, 5.41) is 7.60. The van der Waals surface area contributed by atoms with Crippen LogP contribution < -0.4 is 0 Å². The summed E-state index contributed by atoms with van der Waals surface area (Å²) >= 11 is 0. The molecule has 0 aliphatic heterocycles. The van der Waals surface area contributed by atoms with Crippen LogP contribution in [0.3, 0.4) is 0 Å². The Morgan fingerprint density at radius 2 is 0.654 bits per heavy atom. The van der Waals surface area contributed by atoms with E-state index in [4.69, 9.17) is 0 Å². The number of para-hydroxylation sites is 4. The van der Waals surface area contributed by atoms with Crippen LogP contribution in [0.15, 0.2) is 182 Å². The van der Waals surface area contributed by atoms with Gasteiger partial charge in [-0.2, -0.15) is 0 Å².